The summed E-state index contributed by atoms with van der Waals surface area (Å²) in [4.78, 5) is 13.2. The number of rotatable bonds is 5. The van der Waals surface area contributed by atoms with Gasteiger partial charge in [0, 0.05) is 17.5 Å². The van der Waals surface area contributed by atoms with E-state index in [1.807, 2.05) is 4.57 Å². The third-order valence-electron chi connectivity index (χ3n) is 5.67. The highest BCUT2D eigenvalue weighted by Gasteiger charge is 2.65. The summed E-state index contributed by atoms with van der Waals surface area (Å²) in [5.41, 5.74) is 1.73. The van der Waals surface area contributed by atoms with Gasteiger partial charge in [0.2, 0.25) is 0 Å². The van der Waals surface area contributed by atoms with Gasteiger partial charge in [0.15, 0.2) is 5.65 Å². The van der Waals surface area contributed by atoms with Gasteiger partial charge in [0.1, 0.15) is 22.8 Å². The Morgan fingerprint density at radius 1 is 1.42 bits per heavy atom. The minimum Gasteiger partial charge on any atom is -0.377 e. The van der Waals surface area contributed by atoms with Crippen molar-refractivity contribution in [2.45, 2.75) is 37.1 Å². The molecule has 3 atom stereocenters. The van der Waals surface area contributed by atoms with E-state index in [2.05, 4.69) is 30.5 Å². The molecule has 26 heavy (non-hydrogen) atoms. The molecule has 0 radical (unpaired) electrons. The number of anilines is 1. The van der Waals surface area contributed by atoms with Crippen molar-refractivity contribution in [3.8, 4) is 0 Å². The third kappa shape index (κ3) is 2.29. The van der Waals surface area contributed by atoms with E-state index in [0.717, 1.165) is 25.1 Å². The molecule has 136 valence electrons. The van der Waals surface area contributed by atoms with Crippen LogP contribution in [0.5, 0.6) is 0 Å². The standard InChI is InChI=1S/C16H16ClF2N7/c17-11-3-9(20-5-12(18)19)13-14(24-11)26(7-22-13)10-1-2-16(4-8(10)16)15-21-6-23-25-15/h3,6-8,10,12H,1-2,4-5H2,(H,20,24)(H,21,23,25)/t8-,10?,16+/m1/s1. The maximum atomic E-state index is 12.6. The number of nitrogens with zero attached hydrogens (tertiary/aromatic N) is 5. The molecule has 7 nitrogen and oxygen atoms in total. The smallest absolute Gasteiger partial charge is 0.255 e. The molecular weight excluding hydrogens is 364 g/mol. The zero-order chi connectivity index (χ0) is 17.9. The van der Waals surface area contributed by atoms with Gasteiger partial charge in [0.05, 0.1) is 18.6 Å². The predicted molar refractivity (Wildman–Crippen MR) is 91.5 cm³/mol. The number of fused-ring (bicyclic) bond motifs is 2. The SMILES string of the molecule is FC(F)CNc1cc(Cl)nc2c1ncn2C1CC[C@]2(c3ncn[nH]3)C[C@H]12. The van der Waals surface area contributed by atoms with Crippen LogP contribution in [0, 0.1) is 5.92 Å². The monoisotopic (exact) mass is 379 g/mol. The van der Waals surface area contributed by atoms with Crippen molar-refractivity contribution in [2.75, 3.05) is 11.9 Å². The fraction of sp³-hybridized carbons (Fsp3) is 0.500. The summed E-state index contributed by atoms with van der Waals surface area (Å²) in [5, 5.41) is 9.95. The van der Waals surface area contributed by atoms with E-state index < -0.39 is 13.0 Å². The van der Waals surface area contributed by atoms with Gasteiger partial charge in [0.25, 0.3) is 6.43 Å². The molecule has 2 fully saturated rings. The summed E-state index contributed by atoms with van der Waals surface area (Å²) in [7, 11) is 0. The van der Waals surface area contributed by atoms with Gasteiger partial charge in [-0.2, -0.15) is 5.10 Å². The maximum absolute atomic E-state index is 12.6. The summed E-state index contributed by atoms with van der Waals surface area (Å²) in [5.74, 6) is 1.38. The van der Waals surface area contributed by atoms with Crippen molar-refractivity contribution in [1.82, 2.24) is 29.7 Å². The Balaban J connectivity index is 1.49. The van der Waals surface area contributed by atoms with Crippen LogP contribution in [0.15, 0.2) is 18.7 Å². The minimum atomic E-state index is -2.46. The summed E-state index contributed by atoms with van der Waals surface area (Å²) in [6.07, 6.45) is 3.87. The van der Waals surface area contributed by atoms with Gasteiger partial charge >= 0.3 is 0 Å². The van der Waals surface area contributed by atoms with Gasteiger partial charge in [-0.3, -0.25) is 5.10 Å². The number of nitrogens with one attached hydrogen (secondary N) is 2. The first-order chi connectivity index (χ1) is 12.6. The van der Waals surface area contributed by atoms with Crippen molar-refractivity contribution in [2.24, 2.45) is 5.92 Å². The molecule has 2 saturated carbocycles. The lowest BCUT2D eigenvalue weighted by atomic mass is 10.0. The number of hydrogen-bond acceptors (Lipinski definition) is 5. The number of H-pyrrole nitrogens is 1. The first kappa shape index (κ1) is 15.9. The van der Waals surface area contributed by atoms with Crippen LogP contribution in [0.2, 0.25) is 5.15 Å². The Morgan fingerprint density at radius 2 is 2.31 bits per heavy atom. The largest absolute Gasteiger partial charge is 0.377 e. The Labute approximate surface area is 152 Å². The molecule has 0 saturated heterocycles. The summed E-state index contributed by atoms with van der Waals surface area (Å²) in [6.45, 7) is -0.455. The van der Waals surface area contributed by atoms with Gasteiger partial charge in [-0.15, -0.1) is 0 Å². The fourth-order valence-corrected chi connectivity index (χ4v) is 4.63. The van der Waals surface area contributed by atoms with Gasteiger partial charge in [-0.1, -0.05) is 11.6 Å². The molecule has 0 spiro atoms. The van der Waals surface area contributed by atoms with E-state index in [-0.39, 0.29) is 16.6 Å². The van der Waals surface area contributed by atoms with Crippen molar-refractivity contribution >= 4 is 28.5 Å². The van der Waals surface area contributed by atoms with Crippen molar-refractivity contribution in [1.29, 1.82) is 0 Å². The zero-order valence-electron chi connectivity index (χ0n) is 13.7. The van der Waals surface area contributed by atoms with Crippen LogP contribution in [-0.4, -0.2) is 42.7 Å². The lowest BCUT2D eigenvalue weighted by molar-refractivity contribution is 0.163. The molecule has 5 rings (SSSR count). The van der Waals surface area contributed by atoms with E-state index in [0.29, 0.717) is 22.8 Å². The number of alkyl halides is 2. The second-order valence-electron chi connectivity index (χ2n) is 7.00. The lowest BCUT2D eigenvalue weighted by Crippen LogP contribution is -2.12. The van der Waals surface area contributed by atoms with Crippen LogP contribution in [-0.2, 0) is 5.41 Å². The molecule has 3 heterocycles. The molecule has 0 aromatic carbocycles. The first-order valence-corrected chi connectivity index (χ1v) is 8.87. The van der Waals surface area contributed by atoms with Crippen molar-refractivity contribution in [3.63, 3.8) is 0 Å². The highest BCUT2D eigenvalue weighted by molar-refractivity contribution is 6.30. The second-order valence-corrected chi connectivity index (χ2v) is 7.38. The Kier molecular flexibility index (Phi) is 3.43. The molecule has 0 aliphatic heterocycles. The normalized spacial score (nSPS) is 27.2. The van der Waals surface area contributed by atoms with E-state index in [1.54, 1.807) is 12.7 Å². The Bertz CT molecular complexity index is 957. The van der Waals surface area contributed by atoms with Crippen LogP contribution in [0.25, 0.3) is 11.2 Å². The van der Waals surface area contributed by atoms with Crippen molar-refractivity contribution in [3.05, 3.63) is 29.7 Å². The average molecular weight is 380 g/mol. The molecule has 2 aliphatic rings. The quantitative estimate of drug-likeness (QED) is 0.665. The van der Waals surface area contributed by atoms with Crippen LogP contribution < -0.4 is 5.32 Å². The van der Waals surface area contributed by atoms with E-state index in [4.69, 9.17) is 11.6 Å². The molecule has 10 heteroatoms. The maximum Gasteiger partial charge on any atom is 0.255 e. The topological polar surface area (TPSA) is 84.3 Å². The highest BCUT2D eigenvalue weighted by Crippen LogP contribution is 2.67. The molecule has 1 unspecified atom stereocenters. The Morgan fingerprint density at radius 3 is 3.04 bits per heavy atom. The van der Waals surface area contributed by atoms with Crippen LogP contribution in [0.3, 0.4) is 0 Å². The van der Waals surface area contributed by atoms with Crippen LogP contribution in [0.4, 0.5) is 14.5 Å². The fourth-order valence-electron chi connectivity index (χ4n) is 4.44. The number of aromatic nitrogens is 6. The lowest BCUT2D eigenvalue weighted by Gasteiger charge is -2.14. The number of pyridine rings is 1. The zero-order valence-corrected chi connectivity index (χ0v) is 14.4. The van der Waals surface area contributed by atoms with Crippen LogP contribution >= 0.6 is 11.6 Å². The summed E-state index contributed by atoms with van der Waals surface area (Å²) >= 11 is 6.13. The number of hydrogen-bond donors (Lipinski definition) is 2. The first-order valence-electron chi connectivity index (χ1n) is 8.49. The van der Waals surface area contributed by atoms with Gasteiger partial charge in [-0.05, 0) is 25.2 Å². The Hall–Kier alpha value is -2.29. The minimum absolute atomic E-state index is 0.0626. The van der Waals surface area contributed by atoms with E-state index >= 15 is 0 Å². The second kappa shape index (κ2) is 5.60. The predicted octanol–water partition coefficient (Wildman–Crippen LogP) is 3.17. The molecule has 0 amide bonds. The number of imidazole rings is 1. The molecule has 3 aromatic heterocycles. The molecule has 2 N–H and O–H groups in total. The molecule has 0 bridgehead atoms. The summed E-state index contributed by atoms with van der Waals surface area (Å²) < 4.78 is 27.1. The number of aromatic amines is 1. The summed E-state index contributed by atoms with van der Waals surface area (Å²) in [6, 6.07) is 1.77. The third-order valence-corrected chi connectivity index (χ3v) is 5.87. The highest BCUT2D eigenvalue weighted by atomic mass is 35.5. The van der Waals surface area contributed by atoms with E-state index in [9.17, 15) is 8.78 Å². The molecular formula is C16H16ClF2N7. The van der Waals surface area contributed by atoms with Gasteiger partial charge in [-0.25, -0.2) is 23.7 Å². The van der Waals surface area contributed by atoms with Gasteiger partial charge < -0.3 is 9.88 Å². The molecule has 2 aliphatic carbocycles. The number of halogens is 3. The van der Waals surface area contributed by atoms with Crippen molar-refractivity contribution < 1.29 is 8.78 Å². The molecule has 3 aromatic rings. The average Bonchev–Trinajstić information content (AvgIpc) is 3.05. The van der Waals surface area contributed by atoms with Crippen LogP contribution in [0.1, 0.15) is 31.1 Å². The van der Waals surface area contributed by atoms with E-state index in [1.165, 1.54) is 6.07 Å².